The number of carbonyl (C=O) groups is 1. The Kier molecular flexibility index (Phi) is 4.27. The molecule has 1 saturated heterocycles. The highest BCUT2D eigenvalue weighted by atomic mass is 16.2. The van der Waals surface area contributed by atoms with Crippen LogP contribution in [0.2, 0.25) is 0 Å². The van der Waals surface area contributed by atoms with Crippen LogP contribution in [0.3, 0.4) is 0 Å². The van der Waals surface area contributed by atoms with Gasteiger partial charge in [-0.1, -0.05) is 32.0 Å². The van der Waals surface area contributed by atoms with Crippen LogP contribution >= 0.6 is 0 Å². The third-order valence-corrected chi connectivity index (χ3v) is 4.70. The first-order valence-electron chi connectivity index (χ1n) is 8.04. The van der Waals surface area contributed by atoms with E-state index in [-0.39, 0.29) is 11.9 Å². The molecule has 2 aliphatic heterocycles. The van der Waals surface area contributed by atoms with E-state index in [1.54, 1.807) is 0 Å². The molecule has 3 rings (SSSR count). The number of para-hydroxylation sites is 1. The third-order valence-electron chi connectivity index (χ3n) is 4.70. The molecule has 1 amide bonds. The molecule has 4 nitrogen and oxygen atoms in total. The summed E-state index contributed by atoms with van der Waals surface area (Å²) in [5.74, 6) is 0.662. The Morgan fingerprint density at radius 2 is 2.00 bits per heavy atom. The molecule has 21 heavy (non-hydrogen) atoms. The molecule has 2 unspecified atom stereocenters. The van der Waals surface area contributed by atoms with Crippen LogP contribution in [0.5, 0.6) is 0 Å². The minimum atomic E-state index is -0.204. The van der Waals surface area contributed by atoms with Gasteiger partial charge in [0, 0.05) is 23.8 Å². The number of carbonyl (C=O) groups excluding carboxylic acids is 1. The molecule has 0 saturated carbocycles. The molecule has 1 aromatic carbocycles. The first kappa shape index (κ1) is 14.5. The van der Waals surface area contributed by atoms with Crippen LogP contribution in [0.1, 0.15) is 38.3 Å². The van der Waals surface area contributed by atoms with Gasteiger partial charge in [-0.2, -0.15) is 0 Å². The van der Waals surface area contributed by atoms with Gasteiger partial charge in [0.1, 0.15) is 6.04 Å². The molecular formula is C17H25N3O. The summed E-state index contributed by atoms with van der Waals surface area (Å²) in [5.41, 5.74) is 2.02. The summed E-state index contributed by atoms with van der Waals surface area (Å²) in [6.07, 6.45) is 2.60. The number of rotatable bonds is 5. The van der Waals surface area contributed by atoms with Gasteiger partial charge in [-0.25, -0.2) is 0 Å². The summed E-state index contributed by atoms with van der Waals surface area (Å²) in [6.45, 7) is 7.79. The van der Waals surface area contributed by atoms with E-state index in [2.05, 4.69) is 29.4 Å². The first-order chi connectivity index (χ1) is 10.2. The maximum absolute atomic E-state index is 12.1. The van der Waals surface area contributed by atoms with Crippen molar-refractivity contribution in [2.75, 3.05) is 25.0 Å². The van der Waals surface area contributed by atoms with E-state index < -0.39 is 0 Å². The van der Waals surface area contributed by atoms with Crippen LogP contribution in [0.4, 0.5) is 5.69 Å². The number of benzene rings is 1. The number of hydrogen-bond donors (Lipinski definition) is 2. The number of likely N-dealkylation sites (tertiary alicyclic amines) is 1. The van der Waals surface area contributed by atoms with E-state index in [0.29, 0.717) is 12.0 Å². The molecule has 2 heterocycles. The monoisotopic (exact) mass is 287 g/mol. The lowest BCUT2D eigenvalue weighted by Gasteiger charge is -2.31. The minimum absolute atomic E-state index is 0.0696. The molecule has 114 valence electrons. The van der Waals surface area contributed by atoms with Gasteiger partial charge in [-0.15, -0.1) is 0 Å². The minimum Gasteiger partial charge on any atom is -0.324 e. The second-order valence-electron chi connectivity index (χ2n) is 6.47. The standard InChI is InChI=1S/C17H25N3O/c1-12(2)15(20-9-5-6-10-20)11-18-16-13-7-3-4-8-14(13)19-17(16)21/h3-4,7-8,12,15-16,18H,5-6,9-11H2,1-2H3,(H,19,21). The maximum Gasteiger partial charge on any atom is 0.246 e. The van der Waals surface area contributed by atoms with Crippen molar-refractivity contribution >= 4 is 11.6 Å². The van der Waals surface area contributed by atoms with Crippen LogP contribution in [0.25, 0.3) is 0 Å². The predicted molar refractivity (Wildman–Crippen MR) is 85.2 cm³/mol. The molecule has 0 bridgehead atoms. The Hall–Kier alpha value is -1.39. The van der Waals surface area contributed by atoms with Gasteiger partial charge < -0.3 is 10.6 Å². The highest BCUT2D eigenvalue weighted by molar-refractivity contribution is 6.02. The molecule has 0 aromatic heterocycles. The fourth-order valence-corrected chi connectivity index (χ4v) is 3.51. The predicted octanol–water partition coefficient (Wildman–Crippen LogP) is 2.39. The summed E-state index contributed by atoms with van der Waals surface area (Å²) < 4.78 is 0. The maximum atomic E-state index is 12.1. The van der Waals surface area contributed by atoms with Crippen LogP contribution in [-0.2, 0) is 4.79 Å². The highest BCUT2D eigenvalue weighted by Crippen LogP contribution is 2.30. The van der Waals surface area contributed by atoms with Crippen molar-refractivity contribution in [3.05, 3.63) is 29.8 Å². The van der Waals surface area contributed by atoms with Crippen molar-refractivity contribution in [2.45, 2.75) is 38.8 Å². The summed E-state index contributed by atoms with van der Waals surface area (Å²) >= 11 is 0. The zero-order valence-corrected chi connectivity index (χ0v) is 12.9. The van der Waals surface area contributed by atoms with Crippen LogP contribution in [0, 0.1) is 5.92 Å². The van der Waals surface area contributed by atoms with Crippen LogP contribution < -0.4 is 10.6 Å². The Labute approximate surface area is 126 Å². The second-order valence-corrected chi connectivity index (χ2v) is 6.47. The van der Waals surface area contributed by atoms with E-state index in [1.807, 2.05) is 24.3 Å². The summed E-state index contributed by atoms with van der Waals surface area (Å²) in [4.78, 5) is 14.7. The average Bonchev–Trinajstić information content (AvgIpc) is 3.07. The fraction of sp³-hybridized carbons (Fsp3) is 0.588. The van der Waals surface area contributed by atoms with Crippen LogP contribution in [0.15, 0.2) is 24.3 Å². The van der Waals surface area contributed by atoms with E-state index in [4.69, 9.17) is 0 Å². The van der Waals surface area contributed by atoms with Gasteiger partial charge >= 0.3 is 0 Å². The molecule has 2 atom stereocenters. The average molecular weight is 287 g/mol. The molecule has 4 heteroatoms. The number of anilines is 1. The number of amides is 1. The van der Waals surface area contributed by atoms with Gasteiger partial charge in [0.05, 0.1) is 0 Å². The lowest BCUT2D eigenvalue weighted by molar-refractivity contribution is -0.117. The van der Waals surface area contributed by atoms with E-state index in [9.17, 15) is 4.79 Å². The zero-order chi connectivity index (χ0) is 14.8. The molecular weight excluding hydrogens is 262 g/mol. The van der Waals surface area contributed by atoms with Gasteiger partial charge in [0.25, 0.3) is 0 Å². The molecule has 0 radical (unpaired) electrons. The SMILES string of the molecule is CC(C)C(CNC1C(=O)Nc2ccccc21)N1CCCC1. The second kappa shape index (κ2) is 6.16. The third kappa shape index (κ3) is 2.97. The van der Waals surface area contributed by atoms with Crippen molar-refractivity contribution in [3.8, 4) is 0 Å². The van der Waals surface area contributed by atoms with Crippen molar-refractivity contribution < 1.29 is 4.79 Å². The van der Waals surface area contributed by atoms with Crippen molar-refractivity contribution in [2.24, 2.45) is 5.92 Å². The summed E-state index contributed by atoms with van der Waals surface area (Å²) in [5, 5.41) is 6.45. The number of nitrogens with zero attached hydrogens (tertiary/aromatic N) is 1. The Balaban J connectivity index is 1.67. The van der Waals surface area contributed by atoms with Crippen molar-refractivity contribution in [1.29, 1.82) is 0 Å². The quantitative estimate of drug-likeness (QED) is 0.874. The number of hydrogen-bond acceptors (Lipinski definition) is 3. The number of nitrogens with one attached hydrogen (secondary N) is 2. The van der Waals surface area contributed by atoms with Crippen LogP contribution in [-0.4, -0.2) is 36.5 Å². The summed E-state index contributed by atoms with van der Waals surface area (Å²) in [6, 6.07) is 8.26. The van der Waals surface area contributed by atoms with E-state index >= 15 is 0 Å². The Morgan fingerprint density at radius 3 is 2.71 bits per heavy atom. The Morgan fingerprint density at radius 1 is 1.29 bits per heavy atom. The highest BCUT2D eigenvalue weighted by Gasteiger charge is 2.32. The lowest BCUT2D eigenvalue weighted by atomic mass is 10.0. The van der Waals surface area contributed by atoms with Gasteiger partial charge in [-0.05, 0) is 37.9 Å². The molecule has 0 spiro atoms. The molecule has 1 aromatic rings. The van der Waals surface area contributed by atoms with Gasteiger partial charge in [0.15, 0.2) is 0 Å². The topological polar surface area (TPSA) is 44.4 Å². The van der Waals surface area contributed by atoms with Crippen molar-refractivity contribution in [3.63, 3.8) is 0 Å². The molecule has 2 N–H and O–H groups in total. The fourth-order valence-electron chi connectivity index (χ4n) is 3.51. The van der Waals surface area contributed by atoms with Gasteiger partial charge in [-0.3, -0.25) is 9.69 Å². The molecule has 1 fully saturated rings. The van der Waals surface area contributed by atoms with Gasteiger partial charge in [0.2, 0.25) is 5.91 Å². The Bertz CT molecular complexity index is 509. The van der Waals surface area contributed by atoms with E-state index in [1.165, 1.54) is 25.9 Å². The normalized spacial score (nSPS) is 23.4. The molecule has 2 aliphatic rings. The van der Waals surface area contributed by atoms with Crippen molar-refractivity contribution in [1.82, 2.24) is 10.2 Å². The number of fused-ring (bicyclic) bond motifs is 1. The summed E-state index contributed by atoms with van der Waals surface area (Å²) in [7, 11) is 0. The zero-order valence-electron chi connectivity index (χ0n) is 12.9. The molecule has 0 aliphatic carbocycles. The lowest BCUT2D eigenvalue weighted by Crippen LogP contribution is -2.45. The van der Waals surface area contributed by atoms with E-state index in [0.717, 1.165) is 17.8 Å². The first-order valence-corrected chi connectivity index (χ1v) is 8.04. The smallest absolute Gasteiger partial charge is 0.246 e. The largest absolute Gasteiger partial charge is 0.324 e.